The molecule has 0 fully saturated rings. The maximum Gasteiger partial charge on any atom is 0.273 e. The molecule has 2 aromatic rings. The zero-order chi connectivity index (χ0) is 17.1. The predicted octanol–water partition coefficient (Wildman–Crippen LogP) is 2.59. The van der Waals surface area contributed by atoms with Crippen molar-refractivity contribution in [1.82, 2.24) is 9.99 Å². The molecule has 2 heterocycles. The molecule has 1 aromatic heterocycles. The Bertz CT molecular complexity index is 795. The lowest BCUT2D eigenvalue weighted by molar-refractivity contribution is -0.130. The van der Waals surface area contributed by atoms with E-state index in [0.717, 1.165) is 11.3 Å². The number of thiazole rings is 1. The maximum absolute atomic E-state index is 12.2. The van der Waals surface area contributed by atoms with Crippen molar-refractivity contribution in [3.05, 3.63) is 46.5 Å². The molecule has 3 rings (SSSR count). The molecule has 7 heteroatoms. The van der Waals surface area contributed by atoms with Gasteiger partial charge in [0.1, 0.15) is 5.71 Å². The highest BCUT2D eigenvalue weighted by Gasteiger charge is 2.22. The highest BCUT2D eigenvalue weighted by Crippen LogP contribution is 2.22. The first-order valence-corrected chi connectivity index (χ1v) is 8.48. The Labute approximate surface area is 144 Å². The molecule has 6 nitrogen and oxygen atoms in total. The molecule has 24 heavy (non-hydrogen) atoms. The number of hydrazone groups is 1. The van der Waals surface area contributed by atoms with Crippen molar-refractivity contribution in [3.63, 3.8) is 0 Å². The first kappa shape index (κ1) is 16.3. The molecule has 1 aromatic carbocycles. The number of anilines is 1. The normalized spacial score (nSPS) is 14.5. The summed E-state index contributed by atoms with van der Waals surface area (Å²) in [6.45, 7) is 2.06. The molecule has 0 unspecified atom stereocenters. The fraction of sp³-hybridized carbons (Fsp3) is 0.294. The number of aromatic nitrogens is 1. The van der Waals surface area contributed by atoms with Gasteiger partial charge in [-0.1, -0.05) is 29.8 Å². The minimum absolute atomic E-state index is 0.0822. The van der Waals surface area contributed by atoms with E-state index in [1.807, 2.05) is 0 Å². The molecule has 0 saturated carbocycles. The second-order valence-corrected chi connectivity index (χ2v) is 6.83. The van der Waals surface area contributed by atoms with E-state index in [4.69, 9.17) is 0 Å². The van der Waals surface area contributed by atoms with Gasteiger partial charge in [-0.2, -0.15) is 5.10 Å². The van der Waals surface area contributed by atoms with Crippen LogP contribution in [-0.2, 0) is 16.0 Å². The van der Waals surface area contributed by atoms with Crippen LogP contribution >= 0.6 is 11.3 Å². The Morgan fingerprint density at radius 2 is 2.04 bits per heavy atom. The molecule has 0 spiro atoms. The third-order valence-electron chi connectivity index (χ3n) is 3.74. The monoisotopic (exact) mass is 342 g/mol. The quantitative estimate of drug-likeness (QED) is 0.928. The van der Waals surface area contributed by atoms with Crippen LogP contribution in [0.3, 0.4) is 0 Å². The maximum atomic E-state index is 12.2. The topological polar surface area (TPSA) is 74.7 Å². The van der Waals surface area contributed by atoms with E-state index in [1.165, 1.54) is 27.5 Å². The summed E-state index contributed by atoms with van der Waals surface area (Å²) < 4.78 is 0. The van der Waals surface area contributed by atoms with Gasteiger partial charge < -0.3 is 0 Å². The molecular weight excluding hydrogens is 324 g/mol. The Morgan fingerprint density at radius 3 is 2.75 bits per heavy atom. The summed E-state index contributed by atoms with van der Waals surface area (Å²) >= 11 is 1.45. The van der Waals surface area contributed by atoms with Gasteiger partial charge in [-0.15, -0.1) is 11.3 Å². The summed E-state index contributed by atoms with van der Waals surface area (Å²) in [5.41, 5.74) is 2.79. The van der Waals surface area contributed by atoms with Gasteiger partial charge in [0.15, 0.2) is 5.13 Å². The van der Waals surface area contributed by atoms with Crippen LogP contribution in [0.2, 0.25) is 0 Å². The summed E-state index contributed by atoms with van der Waals surface area (Å²) in [6.07, 6.45) is 3.22. The van der Waals surface area contributed by atoms with Gasteiger partial charge in [-0.25, -0.2) is 9.99 Å². The van der Waals surface area contributed by atoms with Crippen LogP contribution in [0.25, 0.3) is 0 Å². The smallest absolute Gasteiger partial charge is 0.273 e. The average molecular weight is 342 g/mol. The van der Waals surface area contributed by atoms with E-state index in [0.29, 0.717) is 23.7 Å². The van der Waals surface area contributed by atoms with E-state index in [9.17, 15) is 9.59 Å². The summed E-state index contributed by atoms with van der Waals surface area (Å²) in [7, 11) is 1.55. The number of nitrogens with one attached hydrogen (secondary N) is 1. The second-order valence-electron chi connectivity index (χ2n) is 5.71. The van der Waals surface area contributed by atoms with E-state index in [-0.39, 0.29) is 11.8 Å². The molecule has 1 aliphatic heterocycles. The molecule has 0 radical (unpaired) electrons. The Balaban J connectivity index is 1.63. The Kier molecular flexibility index (Phi) is 4.71. The third kappa shape index (κ3) is 3.86. The van der Waals surface area contributed by atoms with Crippen molar-refractivity contribution in [2.24, 2.45) is 5.10 Å². The lowest BCUT2D eigenvalue weighted by Crippen LogP contribution is -2.34. The van der Waals surface area contributed by atoms with Crippen LogP contribution in [0.1, 0.15) is 28.8 Å². The van der Waals surface area contributed by atoms with E-state index in [1.54, 1.807) is 13.2 Å². The standard InChI is InChI=1S/C17H18N4O2S/c1-11-3-5-12(6-4-11)9-13-10-18-17(24-13)19-16(23)14-7-8-15(22)21(2)20-14/h3-6,10H,7-9H2,1-2H3,(H,18,19,23). The van der Waals surface area contributed by atoms with Gasteiger partial charge in [-0.05, 0) is 12.5 Å². The molecular formula is C17H18N4O2S. The number of hydrogen-bond acceptors (Lipinski definition) is 5. The summed E-state index contributed by atoms with van der Waals surface area (Å²) in [4.78, 5) is 28.9. The van der Waals surface area contributed by atoms with Crippen molar-refractivity contribution in [1.29, 1.82) is 0 Å². The van der Waals surface area contributed by atoms with Gasteiger partial charge in [0.2, 0.25) is 5.91 Å². The minimum atomic E-state index is -0.300. The average Bonchev–Trinajstić information content (AvgIpc) is 2.99. The van der Waals surface area contributed by atoms with E-state index >= 15 is 0 Å². The summed E-state index contributed by atoms with van der Waals surface area (Å²) in [5.74, 6) is -0.383. The predicted molar refractivity (Wildman–Crippen MR) is 94.2 cm³/mol. The molecule has 124 valence electrons. The number of rotatable bonds is 4. The van der Waals surface area contributed by atoms with Crippen molar-refractivity contribution >= 4 is 34.0 Å². The van der Waals surface area contributed by atoms with Crippen LogP contribution < -0.4 is 5.32 Å². The summed E-state index contributed by atoms with van der Waals surface area (Å²) in [5, 5.41) is 8.53. The van der Waals surface area contributed by atoms with Crippen LogP contribution in [0.5, 0.6) is 0 Å². The highest BCUT2D eigenvalue weighted by atomic mass is 32.1. The van der Waals surface area contributed by atoms with Gasteiger partial charge in [0.05, 0.1) is 0 Å². The van der Waals surface area contributed by atoms with Crippen LogP contribution in [0, 0.1) is 6.92 Å². The van der Waals surface area contributed by atoms with Crippen molar-refractivity contribution in [3.8, 4) is 0 Å². The van der Waals surface area contributed by atoms with E-state index in [2.05, 4.69) is 46.6 Å². The first-order valence-electron chi connectivity index (χ1n) is 7.67. The highest BCUT2D eigenvalue weighted by molar-refractivity contribution is 7.15. The lowest BCUT2D eigenvalue weighted by atomic mass is 10.1. The number of nitrogens with zero attached hydrogens (tertiary/aromatic N) is 3. The molecule has 0 bridgehead atoms. The summed E-state index contributed by atoms with van der Waals surface area (Å²) in [6, 6.07) is 8.35. The zero-order valence-electron chi connectivity index (χ0n) is 13.6. The Morgan fingerprint density at radius 1 is 1.29 bits per heavy atom. The fourth-order valence-corrected chi connectivity index (χ4v) is 3.20. The number of hydrogen-bond donors (Lipinski definition) is 1. The third-order valence-corrected chi connectivity index (χ3v) is 4.66. The molecule has 0 aliphatic carbocycles. The first-order chi connectivity index (χ1) is 11.5. The number of carbonyl (C=O) groups is 2. The number of aryl methyl sites for hydroxylation is 1. The van der Waals surface area contributed by atoms with Crippen LogP contribution in [0.4, 0.5) is 5.13 Å². The van der Waals surface area contributed by atoms with Crippen molar-refractivity contribution in [2.45, 2.75) is 26.2 Å². The molecule has 1 N–H and O–H groups in total. The molecule has 0 atom stereocenters. The zero-order valence-corrected chi connectivity index (χ0v) is 14.4. The lowest BCUT2D eigenvalue weighted by Gasteiger charge is -2.18. The Hall–Kier alpha value is -2.54. The number of benzene rings is 1. The minimum Gasteiger partial charge on any atom is -0.297 e. The van der Waals surface area contributed by atoms with Crippen molar-refractivity contribution in [2.75, 3.05) is 12.4 Å². The van der Waals surface area contributed by atoms with Crippen LogP contribution in [0.15, 0.2) is 35.6 Å². The van der Waals surface area contributed by atoms with Crippen LogP contribution in [-0.4, -0.2) is 34.6 Å². The largest absolute Gasteiger partial charge is 0.297 e. The van der Waals surface area contributed by atoms with Gasteiger partial charge >= 0.3 is 0 Å². The molecule has 2 amide bonds. The molecule has 0 saturated heterocycles. The number of carbonyl (C=O) groups excluding carboxylic acids is 2. The van der Waals surface area contributed by atoms with Crippen molar-refractivity contribution < 1.29 is 9.59 Å². The van der Waals surface area contributed by atoms with Gasteiger partial charge in [0, 0.05) is 37.4 Å². The molecule has 1 aliphatic rings. The van der Waals surface area contributed by atoms with Gasteiger partial charge in [0.25, 0.3) is 5.91 Å². The van der Waals surface area contributed by atoms with Gasteiger partial charge in [-0.3, -0.25) is 14.9 Å². The number of amides is 2. The SMILES string of the molecule is Cc1ccc(Cc2cnc(NC(=O)C3=NN(C)C(=O)CC3)s2)cc1. The fourth-order valence-electron chi connectivity index (χ4n) is 2.36. The van der Waals surface area contributed by atoms with E-state index < -0.39 is 0 Å². The second kappa shape index (κ2) is 6.92.